The summed E-state index contributed by atoms with van der Waals surface area (Å²) in [6.45, 7) is 6.08. The van der Waals surface area contributed by atoms with Crippen LogP contribution in [0.5, 0.6) is 0 Å². The van der Waals surface area contributed by atoms with E-state index in [0.29, 0.717) is 12.8 Å². The van der Waals surface area contributed by atoms with Gasteiger partial charge in [0.15, 0.2) is 0 Å². The summed E-state index contributed by atoms with van der Waals surface area (Å²) < 4.78 is 1.87. The van der Waals surface area contributed by atoms with Gasteiger partial charge in [-0.05, 0) is 31.0 Å². The summed E-state index contributed by atoms with van der Waals surface area (Å²) in [5, 5.41) is 11.5. The van der Waals surface area contributed by atoms with Crippen LogP contribution < -0.4 is 15.5 Å². The zero-order valence-corrected chi connectivity index (χ0v) is 14.6. The van der Waals surface area contributed by atoms with E-state index >= 15 is 0 Å². The predicted molar refractivity (Wildman–Crippen MR) is 95.7 cm³/mol. The Morgan fingerprint density at radius 3 is 2.68 bits per heavy atom. The molecular weight excluding hydrogens is 318 g/mol. The van der Waals surface area contributed by atoms with Gasteiger partial charge in [0.2, 0.25) is 11.8 Å². The van der Waals surface area contributed by atoms with Crippen molar-refractivity contribution >= 4 is 28.4 Å². The molecule has 2 aromatic rings. The molecule has 2 amide bonds. The van der Waals surface area contributed by atoms with Crippen LogP contribution in [0, 0.1) is 6.92 Å². The van der Waals surface area contributed by atoms with Crippen LogP contribution >= 0.6 is 0 Å². The van der Waals surface area contributed by atoms with Crippen LogP contribution in [0.3, 0.4) is 0 Å². The molecule has 2 saturated heterocycles. The number of rotatable bonds is 2. The van der Waals surface area contributed by atoms with Gasteiger partial charge in [-0.2, -0.15) is 5.10 Å². The summed E-state index contributed by atoms with van der Waals surface area (Å²) in [5.41, 5.74) is 4.26. The molecule has 0 bridgehead atoms. The molecule has 2 aliphatic heterocycles. The molecule has 25 heavy (non-hydrogen) atoms. The number of piperidine rings is 1. The molecule has 0 spiro atoms. The molecule has 3 heterocycles. The van der Waals surface area contributed by atoms with Crippen molar-refractivity contribution in [3.05, 3.63) is 23.4 Å². The number of anilines is 1. The van der Waals surface area contributed by atoms with E-state index in [-0.39, 0.29) is 17.7 Å². The summed E-state index contributed by atoms with van der Waals surface area (Å²) in [7, 11) is 1.92. The third-order valence-electron chi connectivity index (χ3n) is 5.29. The maximum Gasteiger partial charge on any atom is 0.235 e. The monoisotopic (exact) mass is 341 g/mol. The van der Waals surface area contributed by atoms with Crippen molar-refractivity contribution in [2.24, 2.45) is 7.05 Å². The average molecular weight is 341 g/mol. The molecule has 1 aromatic heterocycles. The smallest absolute Gasteiger partial charge is 0.235 e. The van der Waals surface area contributed by atoms with Crippen LogP contribution in [-0.2, 0) is 16.6 Å². The Bertz CT molecular complexity index is 851. The van der Waals surface area contributed by atoms with Crippen LogP contribution in [0.1, 0.15) is 30.0 Å². The van der Waals surface area contributed by atoms with Gasteiger partial charge in [-0.3, -0.25) is 19.6 Å². The van der Waals surface area contributed by atoms with Gasteiger partial charge in [0, 0.05) is 50.7 Å². The number of nitrogens with zero attached hydrogens (tertiary/aromatic N) is 3. The zero-order chi connectivity index (χ0) is 17.6. The molecule has 1 atom stereocenters. The first-order valence-electron chi connectivity index (χ1n) is 8.82. The minimum absolute atomic E-state index is 0.196. The van der Waals surface area contributed by atoms with Gasteiger partial charge in [-0.25, -0.2) is 0 Å². The Hall–Kier alpha value is -2.41. The number of imide groups is 1. The van der Waals surface area contributed by atoms with Crippen LogP contribution in [0.25, 0.3) is 10.9 Å². The molecule has 0 saturated carbocycles. The molecule has 7 heteroatoms. The molecule has 2 N–H and O–H groups in total. The van der Waals surface area contributed by atoms with E-state index in [1.54, 1.807) is 0 Å². The van der Waals surface area contributed by atoms with Crippen molar-refractivity contribution in [3.8, 4) is 0 Å². The van der Waals surface area contributed by atoms with Crippen LogP contribution in [0.2, 0.25) is 0 Å². The van der Waals surface area contributed by atoms with Crippen molar-refractivity contribution < 1.29 is 9.59 Å². The fraction of sp³-hybridized carbons (Fsp3) is 0.500. The Morgan fingerprint density at radius 2 is 1.96 bits per heavy atom. The highest BCUT2D eigenvalue weighted by Crippen LogP contribution is 2.35. The Balaban J connectivity index is 1.77. The van der Waals surface area contributed by atoms with Gasteiger partial charge in [0.1, 0.15) is 0 Å². The van der Waals surface area contributed by atoms with Crippen molar-refractivity contribution in [1.29, 1.82) is 0 Å². The minimum atomic E-state index is -0.356. The fourth-order valence-electron chi connectivity index (χ4n) is 4.04. The van der Waals surface area contributed by atoms with Gasteiger partial charge >= 0.3 is 0 Å². The van der Waals surface area contributed by atoms with Gasteiger partial charge in [0.25, 0.3) is 0 Å². The van der Waals surface area contributed by atoms with Gasteiger partial charge in [-0.1, -0.05) is 0 Å². The van der Waals surface area contributed by atoms with E-state index < -0.39 is 0 Å². The Labute approximate surface area is 146 Å². The summed E-state index contributed by atoms with van der Waals surface area (Å²) in [6.07, 6.45) is 0.891. The Kier molecular flexibility index (Phi) is 3.95. The maximum absolute atomic E-state index is 12.3. The second kappa shape index (κ2) is 6.15. The molecule has 7 nitrogen and oxygen atoms in total. The second-order valence-corrected chi connectivity index (χ2v) is 6.86. The minimum Gasteiger partial charge on any atom is -0.369 e. The van der Waals surface area contributed by atoms with E-state index in [0.717, 1.165) is 42.8 Å². The number of nitrogens with one attached hydrogen (secondary N) is 2. The standard InChI is InChI=1S/C18H23N5O2/c1-11-14(23-9-7-19-8-10-23)5-3-12-16(21-22(2)17(11)12)13-4-6-15(24)20-18(13)25/h3,5,13,19H,4,6-10H2,1-2H3,(H,20,24,25). The maximum atomic E-state index is 12.3. The Morgan fingerprint density at radius 1 is 1.20 bits per heavy atom. The first kappa shape index (κ1) is 16.1. The van der Waals surface area contributed by atoms with Gasteiger partial charge in [0.05, 0.1) is 17.1 Å². The number of aryl methyl sites for hydroxylation is 2. The number of hydrogen-bond donors (Lipinski definition) is 2. The number of piperazine rings is 1. The lowest BCUT2D eigenvalue weighted by Gasteiger charge is -2.31. The normalized spacial score (nSPS) is 21.7. The lowest BCUT2D eigenvalue weighted by molar-refractivity contribution is -0.134. The number of amides is 2. The number of fused-ring (bicyclic) bond motifs is 1. The van der Waals surface area contributed by atoms with E-state index in [1.165, 1.54) is 11.3 Å². The lowest BCUT2D eigenvalue weighted by atomic mass is 9.92. The molecule has 1 unspecified atom stereocenters. The first-order chi connectivity index (χ1) is 12.1. The number of hydrogen-bond acceptors (Lipinski definition) is 5. The third kappa shape index (κ3) is 2.68. The second-order valence-electron chi connectivity index (χ2n) is 6.86. The number of benzene rings is 1. The lowest BCUT2D eigenvalue weighted by Crippen LogP contribution is -2.43. The van der Waals surface area contributed by atoms with Crippen LogP contribution in [-0.4, -0.2) is 47.8 Å². The van der Waals surface area contributed by atoms with E-state index in [2.05, 4.69) is 39.7 Å². The topological polar surface area (TPSA) is 79.3 Å². The molecule has 2 aliphatic rings. The SMILES string of the molecule is Cc1c(N2CCNCC2)ccc2c(C3CCC(=O)NC3=O)nn(C)c12. The quantitative estimate of drug-likeness (QED) is 0.791. The van der Waals surface area contributed by atoms with Crippen molar-refractivity contribution in [2.45, 2.75) is 25.7 Å². The summed E-state index contributed by atoms with van der Waals surface area (Å²) in [6, 6.07) is 4.21. The van der Waals surface area contributed by atoms with Gasteiger partial charge < -0.3 is 10.2 Å². The highest BCUT2D eigenvalue weighted by atomic mass is 16.2. The van der Waals surface area contributed by atoms with Crippen LogP contribution in [0.15, 0.2) is 12.1 Å². The molecule has 1 aromatic carbocycles. The molecule has 0 aliphatic carbocycles. The predicted octanol–water partition coefficient (Wildman–Crippen LogP) is 0.812. The van der Waals surface area contributed by atoms with Crippen molar-refractivity contribution in [2.75, 3.05) is 31.1 Å². The van der Waals surface area contributed by atoms with Crippen molar-refractivity contribution in [1.82, 2.24) is 20.4 Å². The number of carbonyl (C=O) groups is 2. The van der Waals surface area contributed by atoms with E-state index in [4.69, 9.17) is 0 Å². The summed E-state index contributed by atoms with van der Waals surface area (Å²) in [5.74, 6) is -0.787. The summed E-state index contributed by atoms with van der Waals surface area (Å²) >= 11 is 0. The highest BCUT2D eigenvalue weighted by Gasteiger charge is 2.32. The van der Waals surface area contributed by atoms with Crippen molar-refractivity contribution in [3.63, 3.8) is 0 Å². The van der Waals surface area contributed by atoms with E-state index in [9.17, 15) is 9.59 Å². The third-order valence-corrected chi connectivity index (χ3v) is 5.29. The van der Waals surface area contributed by atoms with Gasteiger partial charge in [-0.15, -0.1) is 0 Å². The molecule has 0 radical (unpaired) electrons. The molecule has 2 fully saturated rings. The highest BCUT2D eigenvalue weighted by molar-refractivity contribution is 6.03. The molecule has 132 valence electrons. The number of carbonyl (C=O) groups excluding carboxylic acids is 2. The zero-order valence-electron chi connectivity index (χ0n) is 14.6. The largest absolute Gasteiger partial charge is 0.369 e. The number of aromatic nitrogens is 2. The summed E-state index contributed by atoms with van der Waals surface area (Å²) in [4.78, 5) is 26.1. The van der Waals surface area contributed by atoms with Crippen LogP contribution in [0.4, 0.5) is 5.69 Å². The van der Waals surface area contributed by atoms with E-state index in [1.807, 2.05) is 11.7 Å². The molecular formula is C18H23N5O2. The fourth-order valence-corrected chi connectivity index (χ4v) is 4.04. The molecule has 4 rings (SSSR count). The average Bonchev–Trinajstić information content (AvgIpc) is 2.93. The first-order valence-corrected chi connectivity index (χ1v) is 8.82.